The van der Waals surface area contributed by atoms with Crippen molar-refractivity contribution in [1.29, 1.82) is 0 Å². The molecule has 1 aliphatic heterocycles. The van der Waals surface area contributed by atoms with Gasteiger partial charge in [0.05, 0.1) is 22.5 Å². The first-order chi connectivity index (χ1) is 14.5. The van der Waals surface area contributed by atoms with Crippen molar-refractivity contribution in [2.24, 2.45) is 0 Å². The van der Waals surface area contributed by atoms with E-state index in [1.807, 2.05) is 6.07 Å². The summed E-state index contributed by atoms with van der Waals surface area (Å²) in [6, 6.07) is 20.4. The van der Waals surface area contributed by atoms with Crippen LogP contribution in [0.4, 0.5) is 11.4 Å². The van der Waals surface area contributed by atoms with Crippen LogP contribution < -0.4 is 15.5 Å². The molecule has 6 nitrogen and oxygen atoms in total. The summed E-state index contributed by atoms with van der Waals surface area (Å²) in [5.41, 5.74) is 1.75. The Balaban J connectivity index is 1.57. The molecule has 0 spiro atoms. The Morgan fingerprint density at radius 1 is 0.900 bits per heavy atom. The Labute approximate surface area is 186 Å². The van der Waals surface area contributed by atoms with Gasteiger partial charge < -0.3 is 5.32 Å². The molecule has 0 fully saturated rings. The number of amides is 3. The van der Waals surface area contributed by atoms with Gasteiger partial charge in [-0.3, -0.25) is 19.7 Å². The largest absolute Gasteiger partial charge is 0.332 e. The Morgan fingerprint density at radius 2 is 1.63 bits per heavy atom. The average molecular weight is 480 g/mol. The number of nitrogens with one attached hydrogen (secondary N) is 2. The number of carbonyl (C=O) groups is 3. The van der Waals surface area contributed by atoms with Crippen molar-refractivity contribution in [1.82, 2.24) is 5.32 Å². The first-order valence-electron chi connectivity index (χ1n) is 8.90. The van der Waals surface area contributed by atoms with Crippen LogP contribution in [0.15, 0.2) is 77.3 Å². The number of nitrogens with zero attached hydrogens (tertiary/aromatic N) is 1. The molecule has 3 aromatic carbocycles. The second-order valence-corrected chi connectivity index (χ2v) is 7.75. The van der Waals surface area contributed by atoms with Crippen LogP contribution in [0.1, 0.15) is 31.1 Å². The van der Waals surface area contributed by atoms with Gasteiger partial charge in [-0.15, -0.1) is 0 Å². The fourth-order valence-corrected chi connectivity index (χ4v) is 3.76. The summed E-state index contributed by atoms with van der Waals surface area (Å²) < 4.78 is 0.764. The number of thiocarbonyl (C=S) groups is 1. The zero-order valence-corrected chi connectivity index (χ0v) is 17.8. The Morgan fingerprint density at radius 3 is 2.37 bits per heavy atom. The van der Waals surface area contributed by atoms with Crippen LogP contribution in [-0.4, -0.2) is 22.8 Å². The molecule has 4 rings (SSSR count). The monoisotopic (exact) mass is 479 g/mol. The predicted octanol–water partition coefficient (Wildman–Crippen LogP) is 4.38. The van der Waals surface area contributed by atoms with Crippen molar-refractivity contribution in [3.63, 3.8) is 0 Å². The van der Waals surface area contributed by atoms with Crippen LogP contribution in [0.25, 0.3) is 0 Å². The number of fused-ring (bicyclic) bond motifs is 1. The standard InChI is InChI=1S/C22H14BrN3O3S/c23-14-7-4-6-13(12-14)19(27)25-22(30)24-17-11-5-10-16-18(17)21(29)26(20(16)28)15-8-2-1-3-9-15/h1-12H,(H2,24,25,27,30). The highest BCUT2D eigenvalue weighted by atomic mass is 79.9. The van der Waals surface area contributed by atoms with Crippen LogP contribution in [-0.2, 0) is 0 Å². The minimum Gasteiger partial charge on any atom is -0.332 e. The highest BCUT2D eigenvalue weighted by Gasteiger charge is 2.38. The van der Waals surface area contributed by atoms with Gasteiger partial charge in [0.25, 0.3) is 17.7 Å². The van der Waals surface area contributed by atoms with Gasteiger partial charge in [-0.1, -0.05) is 46.3 Å². The molecule has 2 N–H and O–H groups in total. The number of hydrogen-bond donors (Lipinski definition) is 2. The van der Waals surface area contributed by atoms with Crippen LogP contribution in [0.5, 0.6) is 0 Å². The number of anilines is 2. The average Bonchev–Trinajstić information content (AvgIpc) is 2.99. The van der Waals surface area contributed by atoms with Gasteiger partial charge in [0.2, 0.25) is 0 Å². The van der Waals surface area contributed by atoms with Gasteiger partial charge in [-0.25, -0.2) is 4.90 Å². The van der Waals surface area contributed by atoms with Gasteiger partial charge >= 0.3 is 0 Å². The molecule has 148 valence electrons. The van der Waals surface area contributed by atoms with Crippen LogP contribution in [0.2, 0.25) is 0 Å². The van der Waals surface area contributed by atoms with E-state index in [1.54, 1.807) is 66.7 Å². The van der Waals surface area contributed by atoms with E-state index in [2.05, 4.69) is 26.6 Å². The summed E-state index contributed by atoms with van der Waals surface area (Å²) >= 11 is 8.56. The molecule has 0 saturated carbocycles. The Kier molecular flexibility index (Phi) is 5.43. The SMILES string of the molecule is O=C(NC(=S)Nc1cccc2c1C(=O)N(c1ccccc1)C2=O)c1cccc(Br)c1. The van der Waals surface area contributed by atoms with E-state index in [0.29, 0.717) is 16.9 Å². The van der Waals surface area contributed by atoms with Gasteiger partial charge in [-0.05, 0) is 54.7 Å². The molecule has 3 amide bonds. The fourth-order valence-electron chi connectivity index (χ4n) is 3.16. The first-order valence-corrected chi connectivity index (χ1v) is 10.1. The summed E-state index contributed by atoms with van der Waals surface area (Å²) in [5.74, 6) is -1.26. The number of imide groups is 1. The van der Waals surface area contributed by atoms with Crippen LogP contribution >= 0.6 is 28.1 Å². The van der Waals surface area contributed by atoms with Crippen molar-refractivity contribution < 1.29 is 14.4 Å². The molecule has 30 heavy (non-hydrogen) atoms. The van der Waals surface area contributed by atoms with Gasteiger partial charge in [0.15, 0.2) is 5.11 Å². The second-order valence-electron chi connectivity index (χ2n) is 6.43. The maximum absolute atomic E-state index is 13.0. The molecule has 1 heterocycles. The van der Waals surface area contributed by atoms with Crippen LogP contribution in [0, 0.1) is 0 Å². The number of hydrogen-bond acceptors (Lipinski definition) is 4. The molecule has 8 heteroatoms. The van der Waals surface area contributed by atoms with E-state index < -0.39 is 17.7 Å². The maximum Gasteiger partial charge on any atom is 0.268 e. The van der Waals surface area contributed by atoms with Crippen LogP contribution in [0.3, 0.4) is 0 Å². The van der Waals surface area contributed by atoms with Crippen molar-refractivity contribution in [3.8, 4) is 0 Å². The Hall–Kier alpha value is -3.36. The molecule has 0 saturated heterocycles. The lowest BCUT2D eigenvalue weighted by Crippen LogP contribution is -2.34. The lowest BCUT2D eigenvalue weighted by atomic mass is 10.1. The number of para-hydroxylation sites is 1. The van der Waals surface area contributed by atoms with E-state index in [4.69, 9.17) is 12.2 Å². The number of rotatable bonds is 3. The summed E-state index contributed by atoms with van der Waals surface area (Å²) in [6.07, 6.45) is 0. The van der Waals surface area contributed by atoms with E-state index in [1.165, 1.54) is 0 Å². The van der Waals surface area contributed by atoms with Gasteiger partial charge in [0, 0.05) is 10.0 Å². The van der Waals surface area contributed by atoms with E-state index in [9.17, 15) is 14.4 Å². The normalized spacial score (nSPS) is 12.5. The topological polar surface area (TPSA) is 78.5 Å². The molecular weight excluding hydrogens is 466 g/mol. The molecule has 1 aliphatic rings. The third-order valence-electron chi connectivity index (χ3n) is 4.49. The van der Waals surface area contributed by atoms with Gasteiger partial charge in [0.1, 0.15) is 0 Å². The van der Waals surface area contributed by atoms with Gasteiger partial charge in [-0.2, -0.15) is 0 Å². The Bertz CT molecular complexity index is 1200. The van der Waals surface area contributed by atoms with E-state index >= 15 is 0 Å². The summed E-state index contributed by atoms with van der Waals surface area (Å²) in [6.45, 7) is 0. The molecule has 0 aliphatic carbocycles. The molecule has 0 atom stereocenters. The summed E-state index contributed by atoms with van der Waals surface area (Å²) in [7, 11) is 0. The minimum atomic E-state index is -0.453. The van der Waals surface area contributed by atoms with Crippen molar-refractivity contribution >= 4 is 62.4 Å². The van der Waals surface area contributed by atoms with E-state index in [0.717, 1.165) is 9.37 Å². The lowest BCUT2D eigenvalue weighted by Gasteiger charge is -2.14. The molecular formula is C22H14BrN3O3S. The minimum absolute atomic E-state index is 0.0202. The van der Waals surface area contributed by atoms with E-state index in [-0.39, 0.29) is 16.2 Å². The molecule has 0 aromatic heterocycles. The zero-order chi connectivity index (χ0) is 21.3. The molecule has 0 unspecified atom stereocenters. The lowest BCUT2D eigenvalue weighted by molar-refractivity contribution is 0.0924. The third-order valence-corrected chi connectivity index (χ3v) is 5.19. The predicted molar refractivity (Wildman–Crippen MR) is 122 cm³/mol. The fraction of sp³-hybridized carbons (Fsp3) is 0. The van der Waals surface area contributed by atoms with Crippen molar-refractivity contribution in [2.45, 2.75) is 0 Å². The number of benzene rings is 3. The number of halogens is 1. The molecule has 3 aromatic rings. The smallest absolute Gasteiger partial charge is 0.268 e. The zero-order valence-electron chi connectivity index (χ0n) is 15.4. The summed E-state index contributed by atoms with van der Waals surface area (Å²) in [5, 5.41) is 5.47. The molecule has 0 bridgehead atoms. The number of carbonyl (C=O) groups excluding carboxylic acids is 3. The third kappa shape index (κ3) is 3.74. The quantitative estimate of drug-likeness (QED) is 0.430. The second kappa shape index (κ2) is 8.17. The summed E-state index contributed by atoms with van der Waals surface area (Å²) in [4.78, 5) is 39.4. The first kappa shape index (κ1) is 19.9. The maximum atomic E-state index is 13.0. The molecule has 0 radical (unpaired) electrons. The van der Waals surface area contributed by atoms with Crippen molar-refractivity contribution in [2.75, 3.05) is 10.2 Å². The highest BCUT2D eigenvalue weighted by Crippen LogP contribution is 2.32. The van der Waals surface area contributed by atoms with Crippen molar-refractivity contribution in [3.05, 3.63) is 94.0 Å². The highest BCUT2D eigenvalue weighted by molar-refractivity contribution is 9.10.